The van der Waals surface area contributed by atoms with Gasteiger partial charge >= 0.3 is 0 Å². The Hall–Kier alpha value is -4.17. The zero-order chi connectivity index (χ0) is 24.2. The van der Waals surface area contributed by atoms with Crippen LogP contribution in [0, 0.1) is 31.0 Å². The Morgan fingerprint density at radius 1 is 1.21 bits per heavy atom. The van der Waals surface area contributed by atoms with Crippen LogP contribution in [0.5, 0.6) is 5.75 Å². The number of thioether (sulfide) groups is 1. The molecule has 1 N–H and O–H groups in total. The van der Waals surface area contributed by atoms with Gasteiger partial charge < -0.3 is 10.1 Å². The van der Waals surface area contributed by atoms with E-state index in [-0.39, 0.29) is 17.5 Å². The van der Waals surface area contributed by atoms with E-state index >= 15 is 0 Å². The quantitative estimate of drug-likeness (QED) is 0.403. The van der Waals surface area contributed by atoms with Crippen molar-refractivity contribution in [1.29, 1.82) is 5.26 Å². The normalized spacial score (nSPS) is 10.7. The predicted octanol–water partition coefficient (Wildman–Crippen LogP) is 3.82. The SMILES string of the molecule is COc1ccccc1-n1nnnc1SCC(=O)Nc1c(C#N)c(C)c(C)n1-c1ccc(F)cc1. The maximum atomic E-state index is 13.4. The van der Waals surface area contributed by atoms with Gasteiger partial charge in [-0.05, 0) is 66.2 Å². The van der Waals surface area contributed by atoms with Crippen LogP contribution in [0.1, 0.15) is 16.8 Å². The minimum atomic E-state index is -0.374. The molecule has 1 amide bonds. The molecule has 0 bridgehead atoms. The van der Waals surface area contributed by atoms with Gasteiger partial charge in [-0.2, -0.15) is 9.94 Å². The fourth-order valence-corrected chi connectivity index (χ4v) is 4.18. The average Bonchev–Trinajstić information content (AvgIpc) is 3.40. The van der Waals surface area contributed by atoms with Gasteiger partial charge in [-0.3, -0.25) is 9.36 Å². The van der Waals surface area contributed by atoms with Gasteiger partial charge in [0.05, 0.1) is 18.4 Å². The number of nitrogens with zero attached hydrogens (tertiary/aromatic N) is 6. The van der Waals surface area contributed by atoms with E-state index in [0.717, 1.165) is 23.0 Å². The van der Waals surface area contributed by atoms with E-state index in [1.54, 1.807) is 42.9 Å². The average molecular weight is 478 g/mol. The second-order valence-electron chi connectivity index (χ2n) is 7.24. The molecule has 0 fully saturated rings. The molecule has 0 saturated carbocycles. The molecule has 34 heavy (non-hydrogen) atoms. The fraction of sp³-hybridized carbons (Fsp3) is 0.174. The number of rotatable bonds is 7. The second kappa shape index (κ2) is 9.76. The minimum Gasteiger partial charge on any atom is -0.494 e. The Labute approximate surface area is 199 Å². The lowest BCUT2D eigenvalue weighted by Crippen LogP contribution is -2.18. The number of hydrogen-bond acceptors (Lipinski definition) is 7. The highest BCUT2D eigenvalue weighted by Crippen LogP contribution is 2.31. The minimum absolute atomic E-state index is 0.00686. The van der Waals surface area contributed by atoms with Gasteiger partial charge in [0.1, 0.15) is 29.1 Å². The molecule has 2 aromatic carbocycles. The van der Waals surface area contributed by atoms with Crippen molar-refractivity contribution in [3.63, 3.8) is 0 Å². The number of nitrogens with one attached hydrogen (secondary N) is 1. The molecule has 0 radical (unpaired) electrons. The smallest absolute Gasteiger partial charge is 0.236 e. The maximum absolute atomic E-state index is 13.4. The van der Waals surface area contributed by atoms with Crippen molar-refractivity contribution in [1.82, 2.24) is 24.8 Å². The number of tetrazole rings is 1. The summed E-state index contributed by atoms with van der Waals surface area (Å²) in [6.45, 7) is 3.64. The molecule has 172 valence electrons. The van der Waals surface area contributed by atoms with Crippen molar-refractivity contribution in [3.8, 4) is 23.2 Å². The molecule has 0 saturated heterocycles. The summed E-state index contributed by atoms with van der Waals surface area (Å²) in [5.41, 5.74) is 3.12. The largest absolute Gasteiger partial charge is 0.494 e. The zero-order valence-corrected chi connectivity index (χ0v) is 19.4. The first kappa shape index (κ1) is 23.0. The fourth-order valence-electron chi connectivity index (χ4n) is 3.50. The number of hydrogen-bond donors (Lipinski definition) is 1. The highest BCUT2D eigenvalue weighted by Gasteiger charge is 2.21. The third-order valence-corrected chi connectivity index (χ3v) is 6.17. The van der Waals surface area contributed by atoms with Crippen LogP contribution < -0.4 is 10.1 Å². The lowest BCUT2D eigenvalue weighted by molar-refractivity contribution is -0.113. The van der Waals surface area contributed by atoms with Crippen LogP contribution in [-0.2, 0) is 4.79 Å². The highest BCUT2D eigenvalue weighted by molar-refractivity contribution is 7.99. The number of amides is 1. The number of nitriles is 1. The van der Waals surface area contributed by atoms with Gasteiger partial charge in [0.15, 0.2) is 0 Å². The van der Waals surface area contributed by atoms with E-state index in [4.69, 9.17) is 4.74 Å². The highest BCUT2D eigenvalue weighted by atomic mass is 32.2. The lowest BCUT2D eigenvalue weighted by Gasteiger charge is -2.13. The molecule has 0 aliphatic rings. The summed E-state index contributed by atoms with van der Waals surface area (Å²) in [7, 11) is 1.55. The Bertz CT molecular complexity index is 1390. The summed E-state index contributed by atoms with van der Waals surface area (Å²) in [5, 5.41) is 24.7. The number of carbonyl (C=O) groups excluding carboxylic acids is 1. The monoisotopic (exact) mass is 477 g/mol. The standard InChI is InChI=1S/C23H20FN7O2S/c1-14-15(2)30(17-10-8-16(24)9-11-17)22(18(14)12-25)26-21(32)13-34-23-27-28-29-31(23)19-6-4-5-7-20(19)33-3/h4-11H,13H2,1-3H3,(H,26,32). The van der Waals surface area contributed by atoms with Crippen molar-refractivity contribution < 1.29 is 13.9 Å². The van der Waals surface area contributed by atoms with Gasteiger partial charge in [0, 0.05) is 11.4 Å². The molecule has 2 aromatic heterocycles. The maximum Gasteiger partial charge on any atom is 0.236 e. The zero-order valence-electron chi connectivity index (χ0n) is 18.6. The number of ether oxygens (including phenoxy) is 1. The molecule has 11 heteroatoms. The molecule has 4 rings (SSSR count). The topological polar surface area (TPSA) is 111 Å². The molecule has 9 nitrogen and oxygen atoms in total. The number of benzene rings is 2. The Kier molecular flexibility index (Phi) is 6.60. The van der Waals surface area contributed by atoms with Crippen LogP contribution in [0.25, 0.3) is 11.4 Å². The van der Waals surface area contributed by atoms with E-state index in [0.29, 0.717) is 33.7 Å². The molecular weight excluding hydrogens is 457 g/mol. The molecule has 2 heterocycles. The second-order valence-corrected chi connectivity index (χ2v) is 8.18. The molecule has 0 unspecified atom stereocenters. The van der Waals surface area contributed by atoms with Gasteiger partial charge in [0.25, 0.3) is 0 Å². The first-order valence-electron chi connectivity index (χ1n) is 10.2. The van der Waals surface area contributed by atoms with Crippen LogP contribution >= 0.6 is 11.8 Å². The number of para-hydroxylation sites is 2. The molecule has 4 aromatic rings. The summed E-state index contributed by atoms with van der Waals surface area (Å²) in [5.74, 6) is 0.187. The number of halogens is 1. The summed E-state index contributed by atoms with van der Waals surface area (Å²) >= 11 is 1.14. The number of carbonyl (C=O) groups is 1. The summed E-state index contributed by atoms with van der Waals surface area (Å²) in [4.78, 5) is 12.9. The number of methoxy groups -OCH3 is 1. The Morgan fingerprint density at radius 2 is 1.94 bits per heavy atom. The number of anilines is 1. The van der Waals surface area contributed by atoms with Crippen molar-refractivity contribution >= 4 is 23.5 Å². The van der Waals surface area contributed by atoms with Gasteiger partial charge in [0.2, 0.25) is 11.1 Å². The molecular formula is C23H20FN7O2S. The summed E-state index contributed by atoms with van der Waals surface area (Å²) < 4.78 is 22.0. The van der Waals surface area contributed by atoms with Gasteiger partial charge in [-0.1, -0.05) is 23.9 Å². The predicted molar refractivity (Wildman–Crippen MR) is 125 cm³/mol. The van der Waals surface area contributed by atoms with Crippen LogP contribution in [-0.4, -0.2) is 43.5 Å². The van der Waals surface area contributed by atoms with Gasteiger partial charge in [-0.15, -0.1) is 5.10 Å². The van der Waals surface area contributed by atoms with Crippen molar-refractivity contribution in [3.05, 3.63) is 71.2 Å². The van der Waals surface area contributed by atoms with Crippen LogP contribution in [0.2, 0.25) is 0 Å². The van der Waals surface area contributed by atoms with E-state index in [1.807, 2.05) is 19.1 Å². The molecule has 0 atom stereocenters. The van der Waals surface area contributed by atoms with Crippen LogP contribution in [0.3, 0.4) is 0 Å². The van der Waals surface area contributed by atoms with Crippen molar-refractivity contribution in [2.75, 3.05) is 18.2 Å². The third kappa shape index (κ3) is 4.35. The number of aromatic nitrogens is 5. The van der Waals surface area contributed by atoms with Crippen molar-refractivity contribution in [2.24, 2.45) is 0 Å². The molecule has 0 aliphatic carbocycles. The van der Waals surface area contributed by atoms with E-state index in [1.165, 1.54) is 16.8 Å². The van der Waals surface area contributed by atoms with E-state index in [9.17, 15) is 14.4 Å². The third-order valence-electron chi connectivity index (χ3n) is 5.25. The first-order valence-corrected chi connectivity index (χ1v) is 11.2. The van der Waals surface area contributed by atoms with Crippen LogP contribution in [0.4, 0.5) is 10.2 Å². The first-order chi connectivity index (χ1) is 16.4. The summed E-state index contributed by atoms with van der Waals surface area (Å²) in [6.07, 6.45) is 0. The Balaban J connectivity index is 1.58. The molecule has 0 spiro atoms. The summed E-state index contributed by atoms with van der Waals surface area (Å²) in [6, 6.07) is 15.3. The molecule has 0 aliphatic heterocycles. The lowest BCUT2D eigenvalue weighted by atomic mass is 10.2. The van der Waals surface area contributed by atoms with Crippen molar-refractivity contribution in [2.45, 2.75) is 19.0 Å². The van der Waals surface area contributed by atoms with Gasteiger partial charge in [-0.25, -0.2) is 4.39 Å². The van der Waals surface area contributed by atoms with E-state index < -0.39 is 0 Å². The van der Waals surface area contributed by atoms with Crippen LogP contribution in [0.15, 0.2) is 53.7 Å². The Morgan fingerprint density at radius 3 is 2.65 bits per heavy atom. The van der Waals surface area contributed by atoms with E-state index in [2.05, 4.69) is 26.9 Å².